The number of ether oxygens (including phenoxy) is 1. The maximum Gasteiger partial charge on any atom is 0.246 e. The maximum absolute atomic E-state index is 12.2. The minimum atomic E-state index is -0.0419. The number of hydrogen-bond donors (Lipinski definition) is 0. The fourth-order valence-electron chi connectivity index (χ4n) is 5.74. The van der Waals surface area contributed by atoms with Crippen LogP contribution in [0.4, 0.5) is 11.8 Å². The fraction of sp³-hybridized carbons (Fsp3) is 0.400. The summed E-state index contributed by atoms with van der Waals surface area (Å²) < 4.78 is 6.38. The Morgan fingerprint density at radius 2 is 1.90 bits per heavy atom. The number of rotatable bonds is 5. The number of carbonyl (C=O) groups is 1. The number of hydrogen-bond acceptors (Lipinski definition) is 8. The Morgan fingerprint density at radius 3 is 2.62 bits per heavy atom. The lowest BCUT2D eigenvalue weighted by Crippen LogP contribution is -2.58. The van der Waals surface area contributed by atoms with Crippen LogP contribution in [0.15, 0.2) is 43.0 Å². The highest BCUT2D eigenvalue weighted by Crippen LogP contribution is 2.45. The van der Waals surface area contributed by atoms with Crippen LogP contribution >= 0.6 is 0 Å². The molecular weight excluding hydrogens is 490 g/mol. The van der Waals surface area contributed by atoms with E-state index in [1.54, 1.807) is 0 Å². The molecule has 0 spiro atoms. The molecule has 4 heterocycles. The van der Waals surface area contributed by atoms with Gasteiger partial charge in [-0.1, -0.05) is 24.8 Å². The molecule has 3 aromatic rings. The summed E-state index contributed by atoms with van der Waals surface area (Å²) in [5.41, 5.74) is 4.46. The minimum Gasteiger partial charge on any atom is -0.492 e. The molecule has 9 heteroatoms. The van der Waals surface area contributed by atoms with Crippen LogP contribution in [0.1, 0.15) is 17.5 Å². The van der Waals surface area contributed by atoms with Gasteiger partial charge in [0.05, 0.1) is 29.1 Å². The first-order valence-electron chi connectivity index (χ1n) is 13.6. The van der Waals surface area contributed by atoms with Crippen LogP contribution in [0.3, 0.4) is 0 Å². The van der Waals surface area contributed by atoms with Crippen molar-refractivity contribution in [2.24, 2.45) is 0 Å². The second-order valence-electron chi connectivity index (χ2n) is 10.6. The Labute approximate surface area is 228 Å². The molecule has 39 heavy (non-hydrogen) atoms. The molecule has 0 saturated carbocycles. The second kappa shape index (κ2) is 10.2. The summed E-state index contributed by atoms with van der Waals surface area (Å²) in [6.07, 6.45) is 3.15. The highest BCUT2D eigenvalue weighted by atomic mass is 16.5. The summed E-state index contributed by atoms with van der Waals surface area (Å²) >= 11 is 0. The molecule has 0 atom stereocenters. The second-order valence-corrected chi connectivity index (χ2v) is 10.6. The molecule has 3 aliphatic heterocycles. The first kappa shape index (κ1) is 25.1. The topological polar surface area (TPSA) is 88.8 Å². The van der Waals surface area contributed by atoms with Crippen LogP contribution in [-0.4, -0.2) is 91.7 Å². The van der Waals surface area contributed by atoms with E-state index in [1.807, 2.05) is 29.2 Å². The summed E-state index contributed by atoms with van der Waals surface area (Å²) in [7, 11) is 4.20. The molecule has 2 fully saturated rings. The molecule has 0 aliphatic carbocycles. The number of piperazine rings is 1. The van der Waals surface area contributed by atoms with Gasteiger partial charge in [-0.2, -0.15) is 10.2 Å². The zero-order valence-corrected chi connectivity index (χ0v) is 22.6. The van der Waals surface area contributed by atoms with E-state index in [-0.39, 0.29) is 5.91 Å². The van der Waals surface area contributed by atoms with Gasteiger partial charge >= 0.3 is 0 Å². The van der Waals surface area contributed by atoms with Crippen LogP contribution in [-0.2, 0) is 11.2 Å². The van der Waals surface area contributed by atoms with Gasteiger partial charge in [-0.15, -0.1) is 0 Å². The summed E-state index contributed by atoms with van der Waals surface area (Å²) in [6, 6.07) is 12.7. The Balaban J connectivity index is 1.51. The van der Waals surface area contributed by atoms with Crippen molar-refractivity contribution in [1.82, 2.24) is 19.8 Å². The number of fused-ring (bicyclic) bond motifs is 3. The Kier molecular flexibility index (Phi) is 6.57. The van der Waals surface area contributed by atoms with E-state index in [0.29, 0.717) is 50.3 Å². The van der Waals surface area contributed by atoms with Crippen molar-refractivity contribution in [3.8, 4) is 22.9 Å². The summed E-state index contributed by atoms with van der Waals surface area (Å²) in [5, 5.41) is 10.8. The van der Waals surface area contributed by atoms with E-state index in [1.165, 1.54) is 6.08 Å². The van der Waals surface area contributed by atoms with Crippen LogP contribution in [0.25, 0.3) is 22.0 Å². The predicted octanol–water partition coefficient (Wildman–Crippen LogP) is 3.08. The lowest BCUT2D eigenvalue weighted by Gasteiger charge is -2.43. The summed E-state index contributed by atoms with van der Waals surface area (Å²) in [4.78, 5) is 31.0. The Hall–Kier alpha value is -4.16. The number of nitriles is 1. The maximum atomic E-state index is 12.2. The minimum absolute atomic E-state index is 0.0419. The number of anilines is 2. The third-order valence-corrected chi connectivity index (χ3v) is 8.11. The van der Waals surface area contributed by atoms with Crippen molar-refractivity contribution in [2.45, 2.75) is 18.9 Å². The summed E-state index contributed by atoms with van der Waals surface area (Å²) in [5.74, 6) is 2.34. The van der Waals surface area contributed by atoms with Crippen LogP contribution in [0, 0.1) is 11.3 Å². The van der Waals surface area contributed by atoms with E-state index in [4.69, 9.17) is 14.7 Å². The van der Waals surface area contributed by atoms with E-state index >= 15 is 0 Å². The highest BCUT2D eigenvalue weighted by molar-refractivity contribution is 6.01. The quantitative estimate of drug-likeness (QED) is 0.472. The van der Waals surface area contributed by atoms with Gasteiger partial charge in [0.25, 0.3) is 0 Å². The number of benzene rings is 2. The zero-order chi connectivity index (χ0) is 27.1. The first-order valence-corrected chi connectivity index (χ1v) is 13.6. The van der Waals surface area contributed by atoms with Crippen molar-refractivity contribution in [2.75, 3.05) is 69.8 Å². The number of likely N-dealkylation sites (N-methyl/N-ethyl adjacent to an activating group) is 1. The molecule has 1 aromatic heterocycles. The van der Waals surface area contributed by atoms with E-state index in [9.17, 15) is 10.1 Å². The molecule has 1 amide bonds. The van der Waals surface area contributed by atoms with Crippen LogP contribution < -0.4 is 14.5 Å². The number of carbonyl (C=O) groups excluding carboxylic acids is 1. The van der Waals surface area contributed by atoms with Crippen molar-refractivity contribution >= 4 is 28.6 Å². The normalized spacial score (nSPS) is 17.4. The average molecular weight is 524 g/mol. The zero-order valence-electron chi connectivity index (χ0n) is 22.6. The van der Waals surface area contributed by atoms with Crippen molar-refractivity contribution in [3.05, 3.63) is 54.1 Å². The molecule has 0 unspecified atom stereocenters. The van der Waals surface area contributed by atoms with Gasteiger partial charge in [0.15, 0.2) is 0 Å². The summed E-state index contributed by atoms with van der Waals surface area (Å²) in [6.45, 7) is 8.55. The molecule has 200 valence electrons. The van der Waals surface area contributed by atoms with Gasteiger partial charge in [-0.3, -0.25) is 4.79 Å². The first-order chi connectivity index (χ1) is 19.0. The van der Waals surface area contributed by atoms with E-state index in [2.05, 4.69) is 47.5 Å². The van der Waals surface area contributed by atoms with Crippen LogP contribution in [0.5, 0.6) is 5.75 Å². The Morgan fingerprint density at radius 1 is 1.13 bits per heavy atom. The molecule has 2 saturated heterocycles. The van der Waals surface area contributed by atoms with Crippen molar-refractivity contribution in [1.29, 1.82) is 5.26 Å². The smallest absolute Gasteiger partial charge is 0.246 e. The third-order valence-electron chi connectivity index (χ3n) is 8.11. The molecule has 2 aromatic carbocycles. The number of nitrogens with zero attached hydrogens (tertiary/aromatic N) is 7. The van der Waals surface area contributed by atoms with Crippen molar-refractivity contribution < 1.29 is 9.53 Å². The third kappa shape index (κ3) is 4.45. The Bertz CT molecular complexity index is 1480. The highest BCUT2D eigenvalue weighted by Gasteiger charge is 2.33. The molecule has 0 N–H and O–H groups in total. The van der Waals surface area contributed by atoms with E-state index in [0.717, 1.165) is 65.1 Å². The lowest BCUT2D eigenvalue weighted by molar-refractivity contribution is -0.126. The standard InChI is InChI=1S/C30H33N7O2/c1-4-26(38)35-11-13-36(14-12-35)29-27-25(32-30(33-29)37-18-21(19-37)34(2)3)16-24(23-10-7-15-39-28(23)27)22-9-6-5-8-20(22)17-31/h4-6,8-9,16,21H,1,7,10-15,18-19H2,2-3H3. The molecule has 3 aliphatic rings. The van der Waals surface area contributed by atoms with Crippen LogP contribution in [0.2, 0.25) is 0 Å². The van der Waals surface area contributed by atoms with Gasteiger partial charge in [0.1, 0.15) is 11.6 Å². The SMILES string of the molecule is C=CC(=O)N1CCN(c2nc(N3CC(N(C)C)C3)nc3cc(-c4ccccc4C#N)c4c(c23)OCCC4)CC1. The molecule has 9 nitrogen and oxygen atoms in total. The van der Waals surface area contributed by atoms with Gasteiger partial charge in [0, 0.05) is 50.9 Å². The van der Waals surface area contributed by atoms with Gasteiger partial charge in [0.2, 0.25) is 11.9 Å². The van der Waals surface area contributed by atoms with Gasteiger partial charge in [-0.05, 0) is 56.3 Å². The molecule has 0 radical (unpaired) electrons. The lowest BCUT2D eigenvalue weighted by atomic mass is 9.90. The van der Waals surface area contributed by atoms with Gasteiger partial charge in [-0.25, -0.2) is 4.98 Å². The average Bonchev–Trinajstić information content (AvgIpc) is 2.95. The van der Waals surface area contributed by atoms with E-state index < -0.39 is 0 Å². The predicted molar refractivity (Wildman–Crippen MR) is 152 cm³/mol. The monoisotopic (exact) mass is 523 g/mol. The number of amides is 1. The van der Waals surface area contributed by atoms with Crippen molar-refractivity contribution in [3.63, 3.8) is 0 Å². The molecule has 6 rings (SSSR count). The number of aromatic nitrogens is 2. The fourth-order valence-corrected chi connectivity index (χ4v) is 5.74. The van der Waals surface area contributed by atoms with Gasteiger partial charge < -0.3 is 24.3 Å². The molecular formula is C30H33N7O2. The molecule has 0 bridgehead atoms. The largest absolute Gasteiger partial charge is 0.492 e.